The van der Waals surface area contributed by atoms with Crippen molar-refractivity contribution in [3.05, 3.63) is 0 Å². The van der Waals surface area contributed by atoms with Crippen LogP contribution >= 0.6 is 0 Å². The van der Waals surface area contributed by atoms with Crippen molar-refractivity contribution in [3.8, 4) is 0 Å². The highest BCUT2D eigenvalue weighted by Crippen LogP contribution is 2.31. The average molecular weight is 270 g/mol. The van der Waals surface area contributed by atoms with E-state index in [2.05, 4.69) is 32.7 Å². The Kier molecular flexibility index (Phi) is 6.78. The van der Waals surface area contributed by atoms with Gasteiger partial charge in [-0.25, -0.2) is 0 Å². The standard InChI is InChI=1S/C16H34N2O/c1-6-13-7-9-14(10-8-13)18(4)15(12-17)11-16(2,3)19-5/h13-15H,6-12,17H2,1-5H3. The molecule has 0 aromatic carbocycles. The van der Waals surface area contributed by atoms with Gasteiger partial charge in [0.15, 0.2) is 0 Å². The van der Waals surface area contributed by atoms with Crippen molar-refractivity contribution in [2.75, 3.05) is 20.7 Å². The van der Waals surface area contributed by atoms with Gasteiger partial charge in [-0.2, -0.15) is 0 Å². The summed E-state index contributed by atoms with van der Waals surface area (Å²) in [5, 5.41) is 0. The van der Waals surface area contributed by atoms with E-state index in [0.29, 0.717) is 12.1 Å². The Morgan fingerprint density at radius 1 is 1.26 bits per heavy atom. The zero-order valence-electron chi connectivity index (χ0n) is 13.6. The van der Waals surface area contributed by atoms with E-state index in [1.54, 1.807) is 7.11 Å². The molecule has 2 N–H and O–H groups in total. The van der Waals surface area contributed by atoms with Gasteiger partial charge in [0, 0.05) is 25.7 Å². The molecule has 1 unspecified atom stereocenters. The molecule has 0 radical (unpaired) electrons. The number of methoxy groups -OCH3 is 1. The summed E-state index contributed by atoms with van der Waals surface area (Å²) in [6.07, 6.45) is 7.78. The average Bonchev–Trinajstić information content (AvgIpc) is 2.44. The van der Waals surface area contributed by atoms with Gasteiger partial charge in [0.05, 0.1) is 5.60 Å². The second-order valence-electron chi connectivity index (χ2n) is 6.81. The molecule has 0 amide bonds. The van der Waals surface area contributed by atoms with Crippen molar-refractivity contribution >= 4 is 0 Å². The summed E-state index contributed by atoms with van der Waals surface area (Å²) in [7, 11) is 4.04. The Morgan fingerprint density at radius 3 is 2.26 bits per heavy atom. The molecule has 0 aromatic rings. The lowest BCUT2D eigenvalue weighted by molar-refractivity contribution is -0.0130. The second kappa shape index (κ2) is 7.61. The highest BCUT2D eigenvalue weighted by molar-refractivity contribution is 4.86. The summed E-state index contributed by atoms with van der Waals surface area (Å²) < 4.78 is 5.56. The summed E-state index contributed by atoms with van der Waals surface area (Å²) in [6, 6.07) is 1.14. The topological polar surface area (TPSA) is 38.5 Å². The maximum atomic E-state index is 6.00. The Hall–Kier alpha value is -0.120. The molecule has 3 nitrogen and oxygen atoms in total. The fraction of sp³-hybridized carbons (Fsp3) is 1.00. The molecule has 1 fully saturated rings. The zero-order valence-corrected chi connectivity index (χ0v) is 13.6. The first kappa shape index (κ1) is 16.9. The number of hydrogen-bond donors (Lipinski definition) is 1. The quantitative estimate of drug-likeness (QED) is 0.773. The first-order valence-corrected chi connectivity index (χ1v) is 7.90. The summed E-state index contributed by atoms with van der Waals surface area (Å²) >= 11 is 0. The van der Waals surface area contributed by atoms with Crippen molar-refractivity contribution in [2.45, 2.75) is 77.0 Å². The number of likely N-dealkylation sites (N-methyl/N-ethyl adjacent to an activating group) is 1. The third-order valence-electron chi connectivity index (χ3n) is 5.10. The number of hydrogen-bond acceptors (Lipinski definition) is 3. The number of nitrogens with zero attached hydrogens (tertiary/aromatic N) is 1. The van der Waals surface area contributed by atoms with Gasteiger partial charge >= 0.3 is 0 Å². The van der Waals surface area contributed by atoms with Gasteiger partial charge in [-0.3, -0.25) is 4.90 Å². The fourth-order valence-electron chi connectivity index (χ4n) is 3.30. The number of ether oxygens (including phenoxy) is 1. The van der Waals surface area contributed by atoms with Gasteiger partial charge in [0.2, 0.25) is 0 Å². The first-order valence-electron chi connectivity index (χ1n) is 7.90. The molecule has 0 aliphatic heterocycles. The molecular formula is C16H34N2O. The van der Waals surface area contributed by atoms with Gasteiger partial charge in [0.1, 0.15) is 0 Å². The Bertz CT molecular complexity index is 247. The molecular weight excluding hydrogens is 236 g/mol. The summed E-state index contributed by atoms with van der Waals surface area (Å²) in [6.45, 7) is 7.34. The SMILES string of the molecule is CCC1CCC(N(C)C(CN)CC(C)(C)OC)CC1. The lowest BCUT2D eigenvalue weighted by Gasteiger charge is -2.41. The Labute approximate surface area is 119 Å². The molecule has 1 atom stereocenters. The minimum atomic E-state index is -0.0844. The molecule has 0 saturated heterocycles. The molecule has 1 aliphatic carbocycles. The van der Waals surface area contributed by atoms with Crippen molar-refractivity contribution in [3.63, 3.8) is 0 Å². The molecule has 19 heavy (non-hydrogen) atoms. The second-order valence-corrected chi connectivity index (χ2v) is 6.81. The summed E-state index contributed by atoms with van der Waals surface area (Å²) in [4.78, 5) is 2.52. The van der Waals surface area contributed by atoms with Crippen LogP contribution in [0.15, 0.2) is 0 Å². The minimum absolute atomic E-state index is 0.0844. The van der Waals surface area contributed by atoms with E-state index >= 15 is 0 Å². The third kappa shape index (κ3) is 5.05. The third-order valence-corrected chi connectivity index (χ3v) is 5.10. The predicted molar refractivity (Wildman–Crippen MR) is 82.3 cm³/mol. The fourth-order valence-corrected chi connectivity index (χ4v) is 3.30. The van der Waals surface area contributed by atoms with Crippen molar-refractivity contribution < 1.29 is 4.74 Å². The van der Waals surface area contributed by atoms with E-state index in [0.717, 1.165) is 18.9 Å². The van der Waals surface area contributed by atoms with Crippen LogP contribution in [0.25, 0.3) is 0 Å². The Morgan fingerprint density at radius 2 is 1.84 bits per heavy atom. The van der Waals surface area contributed by atoms with E-state index in [1.165, 1.54) is 32.1 Å². The molecule has 1 rings (SSSR count). The molecule has 0 bridgehead atoms. The predicted octanol–water partition coefficient (Wildman–Crippen LogP) is 3.03. The van der Waals surface area contributed by atoms with Crippen LogP contribution in [0.2, 0.25) is 0 Å². The van der Waals surface area contributed by atoms with E-state index in [4.69, 9.17) is 10.5 Å². The highest BCUT2D eigenvalue weighted by atomic mass is 16.5. The number of rotatable bonds is 7. The zero-order chi connectivity index (χ0) is 14.5. The van der Waals surface area contributed by atoms with Crippen LogP contribution in [0.5, 0.6) is 0 Å². The normalized spacial score (nSPS) is 26.7. The van der Waals surface area contributed by atoms with Crippen LogP contribution in [0.4, 0.5) is 0 Å². The van der Waals surface area contributed by atoms with E-state index in [9.17, 15) is 0 Å². The number of nitrogens with two attached hydrogens (primary N) is 1. The van der Waals surface area contributed by atoms with Crippen LogP contribution in [0.3, 0.4) is 0 Å². The first-order chi connectivity index (χ1) is 8.93. The lowest BCUT2D eigenvalue weighted by atomic mass is 9.83. The van der Waals surface area contributed by atoms with Gasteiger partial charge < -0.3 is 10.5 Å². The molecule has 114 valence electrons. The maximum Gasteiger partial charge on any atom is 0.0638 e. The molecule has 0 aromatic heterocycles. The van der Waals surface area contributed by atoms with Crippen LogP contribution in [0, 0.1) is 5.92 Å². The van der Waals surface area contributed by atoms with Gasteiger partial charge in [-0.1, -0.05) is 13.3 Å². The van der Waals surface area contributed by atoms with Crippen molar-refractivity contribution in [2.24, 2.45) is 11.7 Å². The lowest BCUT2D eigenvalue weighted by Crippen LogP contribution is -2.48. The van der Waals surface area contributed by atoms with Crippen molar-refractivity contribution in [1.82, 2.24) is 4.90 Å². The highest BCUT2D eigenvalue weighted by Gasteiger charge is 2.30. The minimum Gasteiger partial charge on any atom is -0.379 e. The molecule has 0 spiro atoms. The molecule has 1 aliphatic rings. The van der Waals surface area contributed by atoms with Gasteiger partial charge in [-0.05, 0) is 58.9 Å². The van der Waals surface area contributed by atoms with Crippen LogP contribution in [0.1, 0.15) is 59.3 Å². The monoisotopic (exact) mass is 270 g/mol. The smallest absolute Gasteiger partial charge is 0.0638 e. The van der Waals surface area contributed by atoms with Crippen LogP contribution in [-0.2, 0) is 4.74 Å². The summed E-state index contributed by atoms with van der Waals surface area (Å²) in [5.41, 5.74) is 5.91. The summed E-state index contributed by atoms with van der Waals surface area (Å²) in [5.74, 6) is 0.955. The Balaban J connectivity index is 2.52. The van der Waals surface area contributed by atoms with E-state index in [1.807, 2.05) is 0 Å². The maximum absolute atomic E-state index is 6.00. The van der Waals surface area contributed by atoms with Crippen LogP contribution in [-0.4, -0.2) is 43.3 Å². The van der Waals surface area contributed by atoms with E-state index in [-0.39, 0.29) is 5.60 Å². The van der Waals surface area contributed by atoms with E-state index < -0.39 is 0 Å². The van der Waals surface area contributed by atoms with Gasteiger partial charge in [-0.15, -0.1) is 0 Å². The largest absolute Gasteiger partial charge is 0.379 e. The van der Waals surface area contributed by atoms with Gasteiger partial charge in [0.25, 0.3) is 0 Å². The molecule has 0 heterocycles. The van der Waals surface area contributed by atoms with Crippen LogP contribution < -0.4 is 5.73 Å². The van der Waals surface area contributed by atoms with Crippen molar-refractivity contribution in [1.29, 1.82) is 0 Å². The molecule has 1 saturated carbocycles. The molecule has 3 heteroatoms.